The molecule has 0 bridgehead atoms. The number of carbonyl (C=O) groups excluding carboxylic acids is 2. The highest BCUT2D eigenvalue weighted by Crippen LogP contribution is 2.16. The molecule has 144 valence electrons. The van der Waals surface area contributed by atoms with E-state index in [2.05, 4.69) is 19.2 Å². The molecule has 0 unspecified atom stereocenters. The van der Waals surface area contributed by atoms with Gasteiger partial charge in [0.15, 0.2) is 6.61 Å². The van der Waals surface area contributed by atoms with Gasteiger partial charge >= 0.3 is 5.97 Å². The van der Waals surface area contributed by atoms with Crippen molar-refractivity contribution in [3.05, 3.63) is 70.8 Å². The number of anilines is 1. The lowest BCUT2D eigenvalue weighted by Crippen LogP contribution is -2.21. The molecular formula is C23H24N2O3. The van der Waals surface area contributed by atoms with Crippen LogP contribution >= 0.6 is 0 Å². The van der Waals surface area contributed by atoms with Crippen LogP contribution in [0.25, 0.3) is 6.08 Å². The summed E-state index contributed by atoms with van der Waals surface area (Å²) in [6, 6.07) is 16.9. The van der Waals surface area contributed by atoms with Crippen molar-refractivity contribution in [2.24, 2.45) is 0 Å². The number of ether oxygens (including phenoxy) is 1. The van der Waals surface area contributed by atoms with Crippen LogP contribution < -0.4 is 5.32 Å². The number of rotatable bonds is 7. The number of benzene rings is 2. The van der Waals surface area contributed by atoms with Gasteiger partial charge < -0.3 is 10.1 Å². The van der Waals surface area contributed by atoms with Crippen LogP contribution in [0.3, 0.4) is 0 Å². The highest BCUT2D eigenvalue weighted by molar-refractivity contribution is 6.00. The lowest BCUT2D eigenvalue weighted by Gasteiger charge is -2.08. The van der Waals surface area contributed by atoms with Crippen LogP contribution in [-0.2, 0) is 20.7 Å². The molecule has 2 aromatic rings. The van der Waals surface area contributed by atoms with Crippen LogP contribution in [0, 0.1) is 11.3 Å². The maximum Gasteiger partial charge on any atom is 0.349 e. The molecule has 1 amide bonds. The Bertz CT molecular complexity index is 906. The van der Waals surface area contributed by atoms with Gasteiger partial charge in [-0.1, -0.05) is 57.2 Å². The van der Waals surface area contributed by atoms with Crippen LogP contribution in [0.4, 0.5) is 5.69 Å². The smallest absolute Gasteiger partial charge is 0.349 e. The van der Waals surface area contributed by atoms with Gasteiger partial charge in [-0.3, -0.25) is 4.79 Å². The number of aryl methyl sites for hydroxylation is 1. The Morgan fingerprint density at radius 1 is 1.18 bits per heavy atom. The van der Waals surface area contributed by atoms with Crippen molar-refractivity contribution in [3.8, 4) is 6.07 Å². The van der Waals surface area contributed by atoms with E-state index < -0.39 is 18.5 Å². The maximum absolute atomic E-state index is 12.1. The number of hydrogen-bond acceptors (Lipinski definition) is 4. The second kappa shape index (κ2) is 10.1. The number of nitrogens with zero attached hydrogens (tertiary/aromatic N) is 1. The van der Waals surface area contributed by atoms with E-state index in [4.69, 9.17) is 4.74 Å². The zero-order valence-corrected chi connectivity index (χ0v) is 16.4. The van der Waals surface area contributed by atoms with E-state index in [0.717, 1.165) is 17.5 Å². The molecule has 0 spiro atoms. The van der Waals surface area contributed by atoms with E-state index >= 15 is 0 Å². The number of hydrogen-bond donors (Lipinski definition) is 1. The molecule has 0 fully saturated rings. The zero-order chi connectivity index (χ0) is 20.5. The molecule has 5 heteroatoms. The van der Waals surface area contributed by atoms with Crippen LogP contribution in [0.15, 0.2) is 54.1 Å². The molecule has 1 N–H and O–H groups in total. The summed E-state index contributed by atoms with van der Waals surface area (Å²) in [6.45, 7) is 5.74. The van der Waals surface area contributed by atoms with Gasteiger partial charge in [0, 0.05) is 5.69 Å². The second-order valence-corrected chi connectivity index (χ2v) is 6.67. The largest absolute Gasteiger partial charge is 0.451 e. The van der Waals surface area contributed by atoms with Gasteiger partial charge in [-0.15, -0.1) is 0 Å². The molecule has 0 atom stereocenters. The number of amides is 1. The fraction of sp³-hybridized carbons (Fsp3) is 0.261. The molecule has 2 rings (SSSR count). The fourth-order valence-corrected chi connectivity index (χ4v) is 2.56. The summed E-state index contributed by atoms with van der Waals surface area (Å²) in [4.78, 5) is 24.1. The zero-order valence-electron chi connectivity index (χ0n) is 16.4. The third-order valence-corrected chi connectivity index (χ3v) is 4.21. The molecule has 0 aliphatic rings. The number of nitrogens with one attached hydrogen (secondary N) is 1. The minimum atomic E-state index is -0.826. The summed E-state index contributed by atoms with van der Waals surface area (Å²) in [6.07, 6.45) is 2.31. The maximum atomic E-state index is 12.1. The van der Waals surface area contributed by atoms with E-state index in [9.17, 15) is 14.9 Å². The Kier molecular flexibility index (Phi) is 7.53. The molecule has 0 aliphatic carbocycles. The third-order valence-electron chi connectivity index (χ3n) is 4.21. The van der Waals surface area contributed by atoms with E-state index in [0.29, 0.717) is 11.6 Å². The minimum Gasteiger partial charge on any atom is -0.451 e. The molecule has 0 radical (unpaired) electrons. The third kappa shape index (κ3) is 6.10. The molecule has 0 aliphatic heterocycles. The van der Waals surface area contributed by atoms with Crippen molar-refractivity contribution < 1.29 is 14.3 Å². The summed E-state index contributed by atoms with van der Waals surface area (Å²) in [5.41, 5.74) is 3.47. The molecule has 28 heavy (non-hydrogen) atoms. The first kappa shape index (κ1) is 20.9. The van der Waals surface area contributed by atoms with Crippen molar-refractivity contribution in [2.45, 2.75) is 33.1 Å². The van der Waals surface area contributed by atoms with Crippen molar-refractivity contribution in [3.63, 3.8) is 0 Å². The monoisotopic (exact) mass is 376 g/mol. The van der Waals surface area contributed by atoms with Gasteiger partial charge in [0.1, 0.15) is 11.6 Å². The van der Waals surface area contributed by atoms with Crippen molar-refractivity contribution in [2.75, 3.05) is 11.9 Å². The summed E-state index contributed by atoms with van der Waals surface area (Å²) in [7, 11) is 0. The van der Waals surface area contributed by atoms with Gasteiger partial charge in [0.25, 0.3) is 5.91 Å². The van der Waals surface area contributed by atoms with Gasteiger partial charge in [-0.05, 0) is 47.2 Å². The number of carbonyl (C=O) groups is 2. The van der Waals surface area contributed by atoms with Crippen molar-refractivity contribution in [1.82, 2.24) is 0 Å². The van der Waals surface area contributed by atoms with Crippen LogP contribution in [0.5, 0.6) is 0 Å². The number of esters is 1. The van der Waals surface area contributed by atoms with Crippen molar-refractivity contribution in [1.29, 1.82) is 5.26 Å². The highest BCUT2D eigenvalue weighted by Gasteiger charge is 2.13. The topological polar surface area (TPSA) is 79.2 Å². The Hall–Kier alpha value is -3.39. The molecular weight excluding hydrogens is 352 g/mol. The lowest BCUT2D eigenvalue weighted by atomic mass is 10.0. The standard InChI is InChI=1S/C23H24N2O3/c1-4-17-6-5-7-21(13-17)25-22(26)15-28-23(27)20(14-24)12-18-8-10-19(11-9-18)16(2)3/h5-13,16H,4,15H2,1-3H3,(H,25,26)/b20-12+. The molecule has 0 saturated heterocycles. The number of nitriles is 1. The summed E-state index contributed by atoms with van der Waals surface area (Å²) >= 11 is 0. The van der Waals surface area contributed by atoms with E-state index in [1.54, 1.807) is 6.07 Å². The predicted octanol–water partition coefficient (Wildman–Crippen LogP) is 4.46. The Labute approximate surface area is 165 Å². The molecule has 5 nitrogen and oxygen atoms in total. The molecule has 2 aromatic carbocycles. The highest BCUT2D eigenvalue weighted by atomic mass is 16.5. The summed E-state index contributed by atoms with van der Waals surface area (Å²) < 4.78 is 4.98. The SMILES string of the molecule is CCc1cccc(NC(=O)COC(=O)/C(C#N)=C/c2ccc(C(C)C)cc2)c1. The molecule has 0 aromatic heterocycles. The van der Waals surface area contributed by atoms with Crippen LogP contribution in [0.1, 0.15) is 43.4 Å². The Balaban J connectivity index is 1.95. The first-order chi connectivity index (χ1) is 13.4. The minimum absolute atomic E-state index is 0.155. The second-order valence-electron chi connectivity index (χ2n) is 6.67. The predicted molar refractivity (Wildman–Crippen MR) is 110 cm³/mol. The van der Waals surface area contributed by atoms with Gasteiger partial charge in [-0.25, -0.2) is 4.79 Å². The lowest BCUT2D eigenvalue weighted by molar-refractivity contribution is -0.142. The van der Waals surface area contributed by atoms with E-state index in [1.807, 2.05) is 55.5 Å². The van der Waals surface area contributed by atoms with Crippen LogP contribution in [-0.4, -0.2) is 18.5 Å². The van der Waals surface area contributed by atoms with Gasteiger partial charge in [0.2, 0.25) is 0 Å². The molecule has 0 heterocycles. The van der Waals surface area contributed by atoms with Crippen LogP contribution in [0.2, 0.25) is 0 Å². The van der Waals surface area contributed by atoms with E-state index in [-0.39, 0.29) is 5.57 Å². The normalized spacial score (nSPS) is 11.0. The fourth-order valence-electron chi connectivity index (χ4n) is 2.56. The Morgan fingerprint density at radius 2 is 1.89 bits per heavy atom. The van der Waals surface area contributed by atoms with E-state index in [1.165, 1.54) is 11.6 Å². The summed E-state index contributed by atoms with van der Waals surface area (Å²) in [5, 5.41) is 11.9. The first-order valence-corrected chi connectivity index (χ1v) is 9.20. The average molecular weight is 376 g/mol. The first-order valence-electron chi connectivity index (χ1n) is 9.20. The van der Waals surface area contributed by atoms with Gasteiger partial charge in [0.05, 0.1) is 0 Å². The summed E-state index contributed by atoms with van der Waals surface area (Å²) in [5.74, 6) is -0.886. The van der Waals surface area contributed by atoms with Gasteiger partial charge in [-0.2, -0.15) is 5.26 Å². The quantitative estimate of drug-likeness (QED) is 0.439. The van der Waals surface area contributed by atoms with Crippen molar-refractivity contribution >= 4 is 23.6 Å². The molecule has 0 saturated carbocycles. The average Bonchev–Trinajstić information content (AvgIpc) is 2.70. The Morgan fingerprint density at radius 3 is 2.50 bits per heavy atom.